The Kier molecular flexibility index (Phi) is 8.28. The number of benzene rings is 4. The molecular weight excluding hydrogens is 467 g/mol. The smallest absolute Gasteiger partial charge is 0.122 e. The van der Waals surface area contributed by atoms with Gasteiger partial charge in [0.15, 0.2) is 0 Å². The highest BCUT2D eigenvalue weighted by Gasteiger charge is 2.19. The highest BCUT2D eigenvalue weighted by molar-refractivity contribution is 8.93. The van der Waals surface area contributed by atoms with Crippen LogP contribution in [0.1, 0.15) is 11.1 Å². The topological polar surface area (TPSA) is 18.5 Å². The summed E-state index contributed by atoms with van der Waals surface area (Å²) in [6, 6.07) is 36.5. The molecule has 158 valence electrons. The molecule has 0 saturated heterocycles. The summed E-state index contributed by atoms with van der Waals surface area (Å²) in [5.74, 6) is 1.63. The van der Waals surface area contributed by atoms with Crippen LogP contribution >= 0.6 is 24.9 Å². The van der Waals surface area contributed by atoms with Gasteiger partial charge in [-0.15, -0.1) is 17.0 Å². The molecule has 4 rings (SSSR count). The summed E-state index contributed by atoms with van der Waals surface area (Å²) in [5.41, 5.74) is 2.50. The predicted octanol–water partition coefficient (Wildman–Crippen LogP) is 5.63. The molecule has 0 spiro atoms. The maximum absolute atomic E-state index is 5.48. The van der Waals surface area contributed by atoms with Crippen molar-refractivity contribution in [1.82, 2.24) is 0 Å². The van der Waals surface area contributed by atoms with Gasteiger partial charge in [0.2, 0.25) is 0 Å². The van der Waals surface area contributed by atoms with Gasteiger partial charge < -0.3 is 9.47 Å². The molecule has 0 unspecified atom stereocenters. The third kappa shape index (κ3) is 5.55. The minimum Gasteiger partial charge on any atom is -0.497 e. The van der Waals surface area contributed by atoms with Crippen molar-refractivity contribution in [2.75, 3.05) is 14.2 Å². The first-order valence-corrected chi connectivity index (χ1v) is 11.3. The number of hydrogen-bond donors (Lipinski definition) is 0. The van der Waals surface area contributed by atoms with Gasteiger partial charge >= 0.3 is 0 Å². The van der Waals surface area contributed by atoms with Crippen molar-refractivity contribution < 1.29 is 9.47 Å². The molecule has 0 saturated carbocycles. The van der Waals surface area contributed by atoms with E-state index in [1.807, 2.05) is 6.07 Å². The van der Waals surface area contributed by atoms with Crippen LogP contribution in [0, 0.1) is 0 Å². The van der Waals surface area contributed by atoms with Crippen LogP contribution < -0.4 is 25.4 Å². The average molecular weight is 493 g/mol. The van der Waals surface area contributed by atoms with Gasteiger partial charge in [0.1, 0.15) is 11.5 Å². The normalized spacial score (nSPS) is 10.4. The summed E-state index contributed by atoms with van der Waals surface area (Å²) >= 11 is 0. The SMILES string of the molecule is Br.COc1cc(Cc2ccccc2P(c2ccccc2)c2ccccc2)cc(OC)c1. The summed E-state index contributed by atoms with van der Waals surface area (Å²) in [6.07, 6.45) is 0.822. The number of rotatable bonds is 7. The molecule has 0 bridgehead atoms. The molecule has 4 aromatic carbocycles. The maximum Gasteiger partial charge on any atom is 0.122 e. The number of hydrogen-bond acceptors (Lipinski definition) is 2. The van der Waals surface area contributed by atoms with Crippen molar-refractivity contribution in [3.63, 3.8) is 0 Å². The molecule has 0 fully saturated rings. The van der Waals surface area contributed by atoms with E-state index in [2.05, 4.69) is 97.1 Å². The molecule has 2 nitrogen and oxygen atoms in total. The van der Waals surface area contributed by atoms with E-state index in [0.29, 0.717) is 0 Å². The van der Waals surface area contributed by atoms with Crippen LogP contribution in [-0.4, -0.2) is 14.2 Å². The van der Waals surface area contributed by atoms with Crippen LogP contribution in [0.3, 0.4) is 0 Å². The Morgan fingerprint density at radius 2 is 1.10 bits per heavy atom. The lowest BCUT2D eigenvalue weighted by Gasteiger charge is -2.22. The zero-order valence-corrected chi connectivity index (χ0v) is 20.3. The molecule has 4 heteroatoms. The molecule has 0 aliphatic carbocycles. The fourth-order valence-corrected chi connectivity index (χ4v) is 6.12. The van der Waals surface area contributed by atoms with Gasteiger partial charge in [0.05, 0.1) is 14.2 Å². The maximum atomic E-state index is 5.48. The molecule has 0 atom stereocenters. The second-order valence-corrected chi connectivity index (χ2v) is 9.22. The Morgan fingerprint density at radius 1 is 0.613 bits per heavy atom. The molecule has 0 aliphatic heterocycles. The van der Waals surface area contributed by atoms with E-state index in [9.17, 15) is 0 Å². The summed E-state index contributed by atoms with van der Waals surface area (Å²) in [5, 5.41) is 4.09. The molecule has 0 aliphatic rings. The molecule has 4 aromatic rings. The largest absolute Gasteiger partial charge is 0.497 e. The molecule has 0 aromatic heterocycles. The zero-order valence-electron chi connectivity index (χ0n) is 17.7. The average Bonchev–Trinajstić information content (AvgIpc) is 2.81. The third-order valence-electron chi connectivity index (χ3n) is 5.07. The van der Waals surface area contributed by atoms with Gasteiger partial charge in [-0.25, -0.2) is 0 Å². The van der Waals surface area contributed by atoms with Gasteiger partial charge in [0, 0.05) is 6.07 Å². The van der Waals surface area contributed by atoms with Crippen LogP contribution in [0.15, 0.2) is 103 Å². The first-order chi connectivity index (χ1) is 14.8. The summed E-state index contributed by atoms with van der Waals surface area (Å²) in [4.78, 5) is 0. The van der Waals surface area contributed by atoms with Gasteiger partial charge in [-0.2, -0.15) is 0 Å². The monoisotopic (exact) mass is 492 g/mol. The van der Waals surface area contributed by atoms with Crippen LogP contribution in [0.25, 0.3) is 0 Å². The Bertz CT molecular complexity index is 1040. The molecule has 0 heterocycles. The van der Waals surface area contributed by atoms with Crippen LogP contribution in [0.5, 0.6) is 11.5 Å². The number of halogens is 1. The van der Waals surface area contributed by atoms with Gasteiger partial charge in [0.25, 0.3) is 0 Å². The van der Waals surface area contributed by atoms with Crippen LogP contribution in [0.4, 0.5) is 0 Å². The van der Waals surface area contributed by atoms with Crippen molar-refractivity contribution in [3.05, 3.63) is 114 Å². The molecule has 0 amide bonds. The molecular formula is C27H26BrO2P. The van der Waals surface area contributed by atoms with E-state index in [-0.39, 0.29) is 17.0 Å². The molecule has 0 N–H and O–H groups in total. The number of ether oxygens (including phenoxy) is 2. The van der Waals surface area contributed by atoms with Crippen molar-refractivity contribution in [2.45, 2.75) is 6.42 Å². The minimum atomic E-state index is -0.648. The Hall–Kier alpha value is -2.61. The van der Waals surface area contributed by atoms with E-state index in [1.165, 1.54) is 27.0 Å². The highest BCUT2D eigenvalue weighted by atomic mass is 79.9. The van der Waals surface area contributed by atoms with Crippen molar-refractivity contribution in [2.24, 2.45) is 0 Å². The summed E-state index contributed by atoms with van der Waals surface area (Å²) < 4.78 is 11.0. The number of methoxy groups -OCH3 is 2. The van der Waals surface area contributed by atoms with E-state index >= 15 is 0 Å². The lowest BCUT2D eigenvalue weighted by molar-refractivity contribution is 0.393. The van der Waals surface area contributed by atoms with E-state index < -0.39 is 7.92 Å². The Balaban J connectivity index is 0.00000272. The quantitative estimate of drug-likeness (QED) is 0.311. The fraction of sp³-hybridized carbons (Fsp3) is 0.111. The van der Waals surface area contributed by atoms with Crippen molar-refractivity contribution in [1.29, 1.82) is 0 Å². The summed E-state index contributed by atoms with van der Waals surface area (Å²) in [6.45, 7) is 0. The standard InChI is InChI=1S/C27H25O2P.BrH/c1-28-23-18-21(19-24(20-23)29-2)17-22-11-9-10-16-27(22)30(25-12-5-3-6-13-25)26-14-7-4-8-15-26;/h3-16,18-20H,17H2,1-2H3;1H. The summed E-state index contributed by atoms with van der Waals surface area (Å²) in [7, 11) is 2.73. The van der Waals surface area contributed by atoms with E-state index in [1.54, 1.807) is 14.2 Å². The van der Waals surface area contributed by atoms with E-state index in [0.717, 1.165) is 17.9 Å². The van der Waals surface area contributed by atoms with Crippen LogP contribution in [0.2, 0.25) is 0 Å². The van der Waals surface area contributed by atoms with Gasteiger partial charge in [-0.1, -0.05) is 84.9 Å². The second kappa shape index (κ2) is 11.1. The van der Waals surface area contributed by atoms with Crippen molar-refractivity contribution >= 4 is 40.8 Å². The Labute approximate surface area is 196 Å². The fourth-order valence-electron chi connectivity index (χ4n) is 3.65. The van der Waals surface area contributed by atoms with E-state index in [4.69, 9.17) is 9.47 Å². The zero-order chi connectivity index (χ0) is 20.8. The van der Waals surface area contributed by atoms with Gasteiger partial charge in [-0.3, -0.25) is 0 Å². The lowest BCUT2D eigenvalue weighted by atomic mass is 10.0. The van der Waals surface area contributed by atoms with Crippen molar-refractivity contribution in [3.8, 4) is 11.5 Å². The Morgan fingerprint density at radius 3 is 1.61 bits per heavy atom. The molecule has 31 heavy (non-hydrogen) atoms. The molecule has 0 radical (unpaired) electrons. The first kappa shape index (κ1) is 23.1. The second-order valence-electron chi connectivity index (χ2n) is 7.03. The minimum absolute atomic E-state index is 0. The predicted molar refractivity (Wildman–Crippen MR) is 138 cm³/mol. The lowest BCUT2D eigenvalue weighted by Crippen LogP contribution is -2.23. The first-order valence-electron chi connectivity index (χ1n) is 9.98. The van der Waals surface area contributed by atoms with Crippen LogP contribution in [-0.2, 0) is 6.42 Å². The van der Waals surface area contributed by atoms with Gasteiger partial charge in [-0.05, 0) is 53.5 Å². The third-order valence-corrected chi connectivity index (χ3v) is 7.61. The highest BCUT2D eigenvalue weighted by Crippen LogP contribution is 2.35.